The second-order valence-corrected chi connectivity index (χ2v) is 17.5. The van der Waals surface area contributed by atoms with Crippen LogP contribution in [0.4, 0.5) is 4.79 Å². The van der Waals surface area contributed by atoms with Crippen molar-refractivity contribution in [2.75, 3.05) is 19.6 Å². The van der Waals surface area contributed by atoms with E-state index in [1.165, 1.54) is 17.5 Å². The molecule has 0 bridgehead atoms. The Labute approximate surface area is 400 Å². The first-order valence-electron chi connectivity index (χ1n) is 23.4. The molecule has 0 radical (unpaired) electrons. The third-order valence-electron chi connectivity index (χ3n) is 9.70. The van der Waals surface area contributed by atoms with E-state index in [0.29, 0.717) is 25.8 Å². The molecule has 2 aromatic rings. The van der Waals surface area contributed by atoms with Crippen LogP contribution in [0, 0.1) is 20.8 Å². The zero-order valence-electron chi connectivity index (χ0n) is 42.5. The number of carbonyl (C=O) groups is 5. The zero-order valence-corrected chi connectivity index (χ0v) is 43.3. The molecule has 2 atom stereocenters. The summed E-state index contributed by atoms with van der Waals surface area (Å²) < 4.78 is 20.1. The van der Waals surface area contributed by atoms with Crippen LogP contribution in [0.15, 0.2) is 52.9 Å². The monoisotopic (exact) mass is 942 g/mol. The molecule has 2 aromatic carbocycles. The van der Waals surface area contributed by atoms with E-state index in [-0.39, 0.29) is 49.9 Å². The number of hydrogen-bond donors (Lipinski definition) is 6. The minimum Gasteiger partial charge on any atom is -0.487 e. The maximum Gasteiger partial charge on any atom is 0.407 e. The Morgan fingerprint density at radius 2 is 1.52 bits per heavy atom. The normalized spacial score (nSPS) is 13.3. The number of nitrogens with one attached hydrogen (secondary N) is 5. The summed E-state index contributed by atoms with van der Waals surface area (Å²) in [6.45, 7) is 30.9. The number of unbranched alkanes of at least 4 members (excludes halogenated alkanes) is 1. The van der Waals surface area contributed by atoms with E-state index in [0.717, 1.165) is 45.7 Å². The molecule has 1 heterocycles. The van der Waals surface area contributed by atoms with Gasteiger partial charge in [0.1, 0.15) is 42.2 Å². The molecular formula is C50H83N7O8S. The Morgan fingerprint density at radius 1 is 0.909 bits per heavy atom. The summed E-state index contributed by atoms with van der Waals surface area (Å²) in [5.74, 6) is -0.955. The number of alkyl carbamates (subject to hydrolysis) is 1. The van der Waals surface area contributed by atoms with Crippen molar-refractivity contribution in [2.45, 2.75) is 183 Å². The summed E-state index contributed by atoms with van der Waals surface area (Å²) in [6.07, 6.45) is 4.98. The SMILES string of the molecule is C=CC.CC.CC.CCC(=O)NC(CCCCNC(=O)OC(C)(C)C)C(=O)N[C@H](CCCN=C(N)NSc1c(C)c(C)c2c(c1C)CCC(C)(C)O2)C(=O)NCC(=O)OCc1ccccc1. The number of benzene rings is 2. The number of aliphatic imine (C=N–C) groups is 1. The van der Waals surface area contributed by atoms with E-state index < -0.39 is 48.1 Å². The topological polar surface area (TPSA) is 212 Å². The first-order chi connectivity index (χ1) is 31.2. The zero-order chi connectivity index (χ0) is 50.5. The van der Waals surface area contributed by atoms with Gasteiger partial charge in [-0.2, -0.15) is 0 Å². The molecule has 7 N–H and O–H groups in total. The van der Waals surface area contributed by atoms with Gasteiger partial charge in [-0.05, 0) is 147 Å². The average Bonchev–Trinajstić information content (AvgIpc) is 3.28. The molecule has 372 valence electrons. The van der Waals surface area contributed by atoms with Crippen molar-refractivity contribution in [2.24, 2.45) is 10.7 Å². The summed E-state index contributed by atoms with van der Waals surface area (Å²) in [4.78, 5) is 69.6. The van der Waals surface area contributed by atoms with Gasteiger partial charge in [0, 0.05) is 24.4 Å². The van der Waals surface area contributed by atoms with Crippen molar-refractivity contribution in [1.29, 1.82) is 0 Å². The lowest BCUT2D eigenvalue weighted by Gasteiger charge is -2.35. The van der Waals surface area contributed by atoms with Gasteiger partial charge in [-0.1, -0.05) is 71.0 Å². The minimum atomic E-state index is -1.06. The van der Waals surface area contributed by atoms with Crippen LogP contribution in [0.25, 0.3) is 0 Å². The van der Waals surface area contributed by atoms with Gasteiger partial charge in [0.15, 0.2) is 5.96 Å². The number of hydrogen-bond acceptors (Lipinski definition) is 10. The lowest BCUT2D eigenvalue weighted by Crippen LogP contribution is -2.54. The third-order valence-corrected chi connectivity index (χ3v) is 10.8. The third kappa shape index (κ3) is 23.8. The highest BCUT2D eigenvalue weighted by atomic mass is 32.2. The number of esters is 1. The minimum absolute atomic E-state index is 0.0472. The molecule has 1 aliphatic rings. The number of allylic oxidation sites excluding steroid dienone is 1. The number of amides is 4. The quantitative estimate of drug-likeness (QED) is 0.0185. The highest BCUT2D eigenvalue weighted by molar-refractivity contribution is 7.98. The Kier molecular flexibility index (Phi) is 29.8. The van der Waals surface area contributed by atoms with Crippen LogP contribution in [0.2, 0.25) is 0 Å². The number of rotatable bonds is 20. The van der Waals surface area contributed by atoms with Crippen LogP contribution in [0.1, 0.15) is 149 Å². The maximum atomic E-state index is 13.6. The van der Waals surface area contributed by atoms with Crippen LogP contribution in [0.5, 0.6) is 5.75 Å². The second kappa shape index (κ2) is 32.4. The molecule has 4 amide bonds. The first-order valence-corrected chi connectivity index (χ1v) is 24.2. The maximum absolute atomic E-state index is 13.6. The van der Waals surface area contributed by atoms with Crippen molar-refractivity contribution in [3.8, 4) is 5.75 Å². The molecule has 1 aliphatic heterocycles. The largest absolute Gasteiger partial charge is 0.487 e. The Hall–Kier alpha value is -5.25. The molecular weight excluding hydrogens is 859 g/mol. The summed E-state index contributed by atoms with van der Waals surface area (Å²) in [6, 6.07) is 7.15. The summed E-state index contributed by atoms with van der Waals surface area (Å²) >= 11 is 1.39. The highest BCUT2D eigenvalue weighted by Gasteiger charge is 2.31. The lowest BCUT2D eigenvalue weighted by molar-refractivity contribution is -0.145. The predicted molar refractivity (Wildman–Crippen MR) is 268 cm³/mol. The van der Waals surface area contributed by atoms with Crippen LogP contribution < -0.4 is 36.5 Å². The van der Waals surface area contributed by atoms with Gasteiger partial charge >= 0.3 is 12.1 Å². The molecule has 3 rings (SSSR count). The van der Waals surface area contributed by atoms with Crippen molar-refractivity contribution in [3.63, 3.8) is 0 Å². The van der Waals surface area contributed by atoms with E-state index in [4.69, 9.17) is 19.9 Å². The fourth-order valence-electron chi connectivity index (χ4n) is 6.29. The van der Waals surface area contributed by atoms with Crippen molar-refractivity contribution < 1.29 is 38.2 Å². The summed E-state index contributed by atoms with van der Waals surface area (Å²) in [7, 11) is 0. The molecule has 1 unspecified atom stereocenters. The Morgan fingerprint density at radius 3 is 2.12 bits per heavy atom. The number of nitrogens with two attached hydrogens (primary N) is 1. The van der Waals surface area contributed by atoms with Gasteiger partial charge in [0.25, 0.3) is 0 Å². The molecule has 15 nitrogen and oxygen atoms in total. The van der Waals surface area contributed by atoms with E-state index in [9.17, 15) is 24.0 Å². The Bertz CT molecular complexity index is 1850. The van der Waals surface area contributed by atoms with E-state index in [1.807, 2.05) is 65.0 Å². The molecule has 66 heavy (non-hydrogen) atoms. The molecule has 0 fully saturated rings. The Balaban J connectivity index is 0.00000571. The standard InChI is InChI=1S/C43H65N7O8S.C3H6.2C2H6/c1-10-34(51)48-33(19-14-15-23-46-41(55)58-42(5,6)7)39(54)49-32(38(53)47-25-35(52)56-26-30-17-12-11-13-18-30)20-16-24-45-40(44)50-59-37-28(3)27(2)36-31(29(37)4)21-22-43(8,9)57-36;1-3-2;2*1-2/h11-13,17-18,32-33H,10,14-16,19-26H2,1-9H3,(H,46,55)(H,47,53)(H,48,51)(H,49,54)(H3,44,45,50);3H,1H2,2H3;2*1-2H3/t32-,33?;;;/m1.../s1. The highest BCUT2D eigenvalue weighted by Crippen LogP contribution is 2.43. The molecule has 16 heteroatoms. The molecule has 0 aliphatic carbocycles. The van der Waals surface area contributed by atoms with E-state index >= 15 is 0 Å². The smallest absolute Gasteiger partial charge is 0.407 e. The lowest BCUT2D eigenvalue weighted by atomic mass is 9.88. The van der Waals surface area contributed by atoms with Gasteiger partial charge < -0.3 is 41.2 Å². The van der Waals surface area contributed by atoms with Crippen LogP contribution in [-0.4, -0.2) is 78.7 Å². The number of ether oxygens (including phenoxy) is 3. The molecule has 0 saturated carbocycles. The number of nitrogens with zero attached hydrogens (tertiary/aromatic N) is 1. The van der Waals surface area contributed by atoms with Gasteiger partial charge in [-0.15, -0.1) is 6.58 Å². The molecule has 0 saturated heterocycles. The van der Waals surface area contributed by atoms with Crippen molar-refractivity contribution in [3.05, 3.63) is 70.8 Å². The van der Waals surface area contributed by atoms with E-state index in [1.54, 1.807) is 33.8 Å². The predicted octanol–water partition coefficient (Wildman–Crippen LogP) is 8.59. The van der Waals surface area contributed by atoms with Crippen LogP contribution in [-0.2, 0) is 41.7 Å². The average molecular weight is 942 g/mol. The number of carbonyl (C=O) groups excluding carboxylic acids is 5. The fourth-order valence-corrected chi connectivity index (χ4v) is 7.14. The van der Waals surface area contributed by atoms with Gasteiger partial charge in [-0.25, -0.2) is 4.79 Å². The van der Waals surface area contributed by atoms with Crippen LogP contribution >= 0.6 is 11.9 Å². The van der Waals surface area contributed by atoms with Gasteiger partial charge in [0.2, 0.25) is 17.7 Å². The van der Waals surface area contributed by atoms with Crippen molar-refractivity contribution in [1.82, 2.24) is 26.0 Å². The van der Waals surface area contributed by atoms with Gasteiger partial charge in [0.05, 0.1) is 0 Å². The first kappa shape index (κ1) is 60.8. The van der Waals surface area contributed by atoms with Crippen molar-refractivity contribution >= 4 is 47.7 Å². The van der Waals surface area contributed by atoms with E-state index in [2.05, 4.69) is 72.2 Å². The summed E-state index contributed by atoms with van der Waals surface area (Å²) in [5.41, 5.74) is 10.8. The summed E-state index contributed by atoms with van der Waals surface area (Å²) in [5, 5.41) is 10.8. The fraction of sp³-hybridized carbons (Fsp3) is 0.600. The molecule has 0 aromatic heterocycles. The second-order valence-electron chi connectivity index (χ2n) is 16.7. The number of fused-ring (bicyclic) bond motifs is 1. The number of guanidine groups is 1. The molecule has 0 spiro atoms. The van der Waals surface area contributed by atoms with Crippen LogP contribution in [0.3, 0.4) is 0 Å². The van der Waals surface area contributed by atoms with Gasteiger partial charge in [-0.3, -0.25) is 28.9 Å².